The maximum atomic E-state index is 12.9. The summed E-state index contributed by atoms with van der Waals surface area (Å²) < 4.78 is 11.0. The zero-order valence-corrected chi connectivity index (χ0v) is 24.6. The summed E-state index contributed by atoms with van der Waals surface area (Å²) in [6.45, 7) is 11.0. The Labute approximate surface area is 242 Å². The highest BCUT2D eigenvalue weighted by atomic mass is 16.6. The number of hydrogen-bond donors (Lipinski definition) is 1. The SMILES string of the molecule is C=C1CCC2C(C)(CO)C(OC(=O)CCC(=O)N3CCN(C)CC3)CCC2(C)C1CC(C[N+](=O)[O-])C1=CCOC1=O. The van der Waals surface area contributed by atoms with Gasteiger partial charge in [0.15, 0.2) is 0 Å². The molecule has 0 aromatic carbocycles. The first kappa shape index (κ1) is 31.2. The van der Waals surface area contributed by atoms with Gasteiger partial charge in [0.2, 0.25) is 12.5 Å². The predicted molar refractivity (Wildman–Crippen MR) is 150 cm³/mol. The zero-order chi connectivity index (χ0) is 29.9. The number of amides is 1. The van der Waals surface area contributed by atoms with Gasteiger partial charge in [-0.25, -0.2) is 4.79 Å². The number of carbonyl (C=O) groups excluding carboxylic acids is 3. The fraction of sp³-hybridized carbons (Fsp3) is 0.767. The number of hydrogen-bond acceptors (Lipinski definition) is 9. The number of rotatable bonds is 10. The number of cyclic esters (lactones) is 1. The van der Waals surface area contributed by atoms with Crippen LogP contribution in [0.2, 0.25) is 0 Å². The van der Waals surface area contributed by atoms with Crippen LogP contribution in [0.15, 0.2) is 23.8 Å². The van der Waals surface area contributed by atoms with Gasteiger partial charge in [0.1, 0.15) is 12.7 Å². The van der Waals surface area contributed by atoms with Crippen LogP contribution in [0.3, 0.4) is 0 Å². The van der Waals surface area contributed by atoms with Crippen molar-refractivity contribution in [3.05, 3.63) is 33.9 Å². The molecular formula is C30H45N3O8. The molecule has 0 aromatic heterocycles. The topological polar surface area (TPSA) is 140 Å². The van der Waals surface area contributed by atoms with Crippen molar-refractivity contribution in [2.75, 3.05) is 53.0 Å². The summed E-state index contributed by atoms with van der Waals surface area (Å²) in [5.41, 5.74) is 0.277. The van der Waals surface area contributed by atoms with Gasteiger partial charge in [-0.1, -0.05) is 26.0 Å². The number of fused-ring (bicyclic) bond motifs is 1. The average molecular weight is 576 g/mol. The Balaban J connectivity index is 1.45. The molecule has 0 spiro atoms. The van der Waals surface area contributed by atoms with Gasteiger partial charge in [-0.05, 0) is 62.5 Å². The molecule has 4 aliphatic rings. The van der Waals surface area contributed by atoms with E-state index >= 15 is 0 Å². The van der Waals surface area contributed by atoms with Gasteiger partial charge in [0.25, 0.3) is 0 Å². The lowest BCUT2D eigenvalue weighted by Gasteiger charge is -2.60. The second kappa shape index (κ2) is 12.6. The lowest BCUT2D eigenvalue weighted by atomic mass is 9.45. The number of aliphatic hydroxyl groups is 1. The number of piperazine rings is 1. The molecule has 2 heterocycles. The molecule has 41 heavy (non-hydrogen) atoms. The van der Waals surface area contributed by atoms with Gasteiger partial charge in [-0.2, -0.15) is 0 Å². The minimum atomic E-state index is -0.729. The number of ether oxygens (including phenoxy) is 2. The third kappa shape index (κ3) is 6.51. The van der Waals surface area contributed by atoms with Crippen LogP contribution in [0, 0.1) is 38.7 Å². The van der Waals surface area contributed by atoms with Gasteiger partial charge in [0.05, 0.1) is 18.9 Å². The molecule has 2 aliphatic carbocycles. The normalized spacial score (nSPS) is 33.0. The summed E-state index contributed by atoms with van der Waals surface area (Å²) >= 11 is 0. The lowest BCUT2D eigenvalue weighted by molar-refractivity contribution is -0.486. The summed E-state index contributed by atoms with van der Waals surface area (Å²) in [5, 5.41) is 22.3. The number of esters is 2. The fourth-order valence-corrected chi connectivity index (χ4v) is 7.92. The van der Waals surface area contributed by atoms with E-state index < -0.39 is 29.4 Å². The number of nitrogens with zero attached hydrogens (tertiary/aromatic N) is 3. The first-order valence-electron chi connectivity index (χ1n) is 14.8. The lowest BCUT2D eigenvalue weighted by Crippen LogP contribution is -2.58. The van der Waals surface area contributed by atoms with E-state index in [1.807, 2.05) is 14.0 Å². The zero-order valence-electron chi connectivity index (χ0n) is 24.6. The summed E-state index contributed by atoms with van der Waals surface area (Å²) in [6, 6.07) is 0. The number of aliphatic hydroxyl groups excluding tert-OH is 1. The van der Waals surface area contributed by atoms with Crippen molar-refractivity contribution in [1.29, 1.82) is 0 Å². The van der Waals surface area contributed by atoms with E-state index in [-0.39, 0.29) is 60.7 Å². The minimum Gasteiger partial charge on any atom is -0.462 e. The predicted octanol–water partition coefficient (Wildman–Crippen LogP) is 2.60. The third-order valence-corrected chi connectivity index (χ3v) is 10.4. The van der Waals surface area contributed by atoms with E-state index in [0.29, 0.717) is 44.3 Å². The maximum Gasteiger partial charge on any atom is 0.334 e. The van der Waals surface area contributed by atoms with Crippen LogP contribution in [0.1, 0.15) is 58.8 Å². The molecule has 228 valence electrons. The smallest absolute Gasteiger partial charge is 0.334 e. The molecule has 1 amide bonds. The van der Waals surface area contributed by atoms with Crippen molar-refractivity contribution in [2.45, 2.75) is 64.9 Å². The number of likely N-dealkylation sites (N-methyl/N-ethyl adjacent to an activating group) is 1. The van der Waals surface area contributed by atoms with Gasteiger partial charge in [-0.15, -0.1) is 0 Å². The van der Waals surface area contributed by atoms with Crippen molar-refractivity contribution in [3.8, 4) is 0 Å². The molecule has 6 unspecified atom stereocenters. The van der Waals surface area contributed by atoms with Crippen molar-refractivity contribution >= 4 is 17.8 Å². The van der Waals surface area contributed by atoms with Gasteiger partial charge < -0.3 is 24.4 Å². The Morgan fingerprint density at radius 1 is 1.24 bits per heavy atom. The monoisotopic (exact) mass is 575 g/mol. The van der Waals surface area contributed by atoms with Crippen LogP contribution in [0.5, 0.6) is 0 Å². The Morgan fingerprint density at radius 3 is 2.56 bits per heavy atom. The average Bonchev–Trinajstić information content (AvgIpc) is 3.36. The molecule has 1 N–H and O–H groups in total. The molecule has 0 aromatic rings. The quantitative estimate of drug-likeness (QED) is 0.180. The van der Waals surface area contributed by atoms with E-state index in [0.717, 1.165) is 25.1 Å². The Bertz CT molecular complexity index is 1080. The van der Waals surface area contributed by atoms with E-state index in [4.69, 9.17) is 9.47 Å². The fourth-order valence-electron chi connectivity index (χ4n) is 7.92. The summed E-state index contributed by atoms with van der Waals surface area (Å²) in [5.74, 6) is -1.71. The van der Waals surface area contributed by atoms with Gasteiger partial charge >= 0.3 is 11.9 Å². The molecule has 2 saturated carbocycles. The molecule has 2 aliphatic heterocycles. The van der Waals surface area contributed by atoms with Gasteiger partial charge in [0, 0.05) is 48.5 Å². The van der Waals surface area contributed by atoms with E-state index in [9.17, 15) is 29.6 Å². The second-order valence-electron chi connectivity index (χ2n) is 12.9. The molecule has 11 nitrogen and oxygen atoms in total. The highest BCUT2D eigenvalue weighted by Crippen LogP contribution is 2.62. The molecule has 0 bridgehead atoms. The van der Waals surface area contributed by atoms with Crippen molar-refractivity contribution < 1.29 is 33.9 Å². The molecular weight excluding hydrogens is 530 g/mol. The summed E-state index contributed by atoms with van der Waals surface area (Å²) in [7, 11) is 2.02. The van der Waals surface area contributed by atoms with Crippen molar-refractivity contribution in [2.24, 2.45) is 28.6 Å². The standard InChI is InChI=1S/C30H45N3O8/c1-20-5-6-24-29(2,23(20)17-21(18-33(38)39)22-10-16-40-28(22)37)11-9-25(30(24,3)19-34)41-27(36)8-7-26(35)32-14-12-31(4)13-15-32/h10,21,23-25,34H,1,5-9,11-19H2,2-4H3. The maximum absolute atomic E-state index is 12.9. The van der Waals surface area contributed by atoms with Crippen molar-refractivity contribution in [1.82, 2.24) is 9.80 Å². The molecule has 4 rings (SSSR count). The third-order valence-electron chi connectivity index (χ3n) is 10.4. The molecule has 1 saturated heterocycles. The summed E-state index contributed by atoms with van der Waals surface area (Å²) in [4.78, 5) is 53.0. The summed E-state index contributed by atoms with van der Waals surface area (Å²) in [6.07, 6.45) is 4.28. The second-order valence-corrected chi connectivity index (χ2v) is 12.9. The Morgan fingerprint density at radius 2 is 1.95 bits per heavy atom. The van der Waals surface area contributed by atoms with Crippen molar-refractivity contribution in [3.63, 3.8) is 0 Å². The number of nitro groups is 1. The molecule has 6 atom stereocenters. The molecule has 0 radical (unpaired) electrons. The van der Waals surface area contributed by atoms with Gasteiger partial charge in [-0.3, -0.25) is 19.7 Å². The Hall–Kier alpha value is -2.79. The minimum absolute atomic E-state index is 0.00166. The number of allylic oxidation sites excluding steroid dienone is 1. The van der Waals surface area contributed by atoms with Crippen LogP contribution in [-0.2, 0) is 23.9 Å². The molecule has 3 fully saturated rings. The Kier molecular flexibility index (Phi) is 9.58. The largest absolute Gasteiger partial charge is 0.462 e. The van der Waals surface area contributed by atoms with Crippen LogP contribution in [0.4, 0.5) is 0 Å². The highest BCUT2D eigenvalue weighted by Gasteiger charge is 2.59. The van der Waals surface area contributed by atoms with Crippen LogP contribution < -0.4 is 0 Å². The van der Waals surface area contributed by atoms with Crippen LogP contribution in [0.25, 0.3) is 0 Å². The number of carbonyl (C=O) groups is 3. The van der Waals surface area contributed by atoms with E-state index in [1.54, 1.807) is 11.0 Å². The first-order chi connectivity index (χ1) is 19.4. The van der Waals surface area contributed by atoms with Crippen LogP contribution in [-0.4, -0.2) is 96.8 Å². The van der Waals surface area contributed by atoms with Crippen LogP contribution >= 0.6 is 0 Å². The van der Waals surface area contributed by atoms with E-state index in [1.165, 1.54) is 0 Å². The van der Waals surface area contributed by atoms with E-state index in [2.05, 4.69) is 18.4 Å². The highest BCUT2D eigenvalue weighted by molar-refractivity contribution is 5.91. The molecule has 11 heteroatoms. The first-order valence-corrected chi connectivity index (χ1v) is 14.8.